The van der Waals surface area contributed by atoms with Crippen LogP contribution in [0.25, 0.3) is 0 Å². The molecule has 0 aliphatic rings. The third-order valence-corrected chi connectivity index (χ3v) is 3.25. The summed E-state index contributed by atoms with van der Waals surface area (Å²) in [6.45, 7) is 2.59. The summed E-state index contributed by atoms with van der Waals surface area (Å²) in [4.78, 5) is 16.3. The number of carbonyl (C=O) groups is 1. The summed E-state index contributed by atoms with van der Waals surface area (Å²) < 4.78 is 55.6. The maximum atomic E-state index is 13.1. The molecule has 6 nitrogen and oxygen atoms in total. The second-order valence-corrected chi connectivity index (χ2v) is 5.83. The molecule has 0 heterocycles. The van der Waals surface area contributed by atoms with Crippen molar-refractivity contribution < 1.29 is 27.1 Å². The molecule has 1 aromatic rings. The number of nitrogens with zero attached hydrogens (tertiary/aromatic N) is 2. The smallest absolute Gasteiger partial charge is 0.406 e. The van der Waals surface area contributed by atoms with Crippen LogP contribution in [-0.2, 0) is 4.79 Å². The van der Waals surface area contributed by atoms with Crippen molar-refractivity contribution in [2.24, 2.45) is 4.99 Å². The summed E-state index contributed by atoms with van der Waals surface area (Å²) in [6.07, 6.45) is -4.81. The molecule has 0 aromatic heterocycles. The zero-order chi connectivity index (χ0) is 20.4. The topological polar surface area (TPSA) is 66.0 Å². The Morgan fingerprint density at radius 3 is 2.63 bits per heavy atom. The summed E-state index contributed by atoms with van der Waals surface area (Å²) in [6, 6.07) is 5.71. The van der Waals surface area contributed by atoms with Crippen LogP contribution in [-0.4, -0.2) is 62.3 Å². The lowest BCUT2D eigenvalue weighted by Gasteiger charge is -2.19. The van der Waals surface area contributed by atoms with E-state index in [1.165, 1.54) is 18.2 Å². The molecule has 1 rings (SSSR count). The van der Waals surface area contributed by atoms with E-state index in [9.17, 15) is 22.4 Å². The van der Waals surface area contributed by atoms with Gasteiger partial charge < -0.3 is 20.3 Å². The number of aliphatic imine (C=N–C) groups is 1. The minimum absolute atomic E-state index is 0.265. The Hall–Kier alpha value is -2.52. The molecule has 2 N–H and O–H groups in total. The Labute approximate surface area is 155 Å². The summed E-state index contributed by atoms with van der Waals surface area (Å²) in [5.74, 6) is -0.534. The number of likely N-dealkylation sites (N-methyl/N-ethyl adjacent to an activating group) is 1. The van der Waals surface area contributed by atoms with Gasteiger partial charge in [0.1, 0.15) is 30.8 Å². The van der Waals surface area contributed by atoms with E-state index in [2.05, 4.69) is 15.6 Å². The fourth-order valence-electron chi connectivity index (χ4n) is 2.02. The average Bonchev–Trinajstić information content (AvgIpc) is 2.55. The number of carbonyl (C=O) groups excluding carboxylic acids is 1. The largest absolute Gasteiger partial charge is 0.489 e. The number of nitrogens with one attached hydrogen (secondary N) is 2. The molecule has 1 aromatic carbocycles. The third-order valence-electron chi connectivity index (χ3n) is 3.25. The van der Waals surface area contributed by atoms with Crippen molar-refractivity contribution in [2.45, 2.75) is 26.1 Å². The van der Waals surface area contributed by atoms with Crippen LogP contribution < -0.4 is 15.4 Å². The number of hydrogen-bond donors (Lipinski definition) is 2. The van der Waals surface area contributed by atoms with Crippen LogP contribution in [0, 0.1) is 5.82 Å². The van der Waals surface area contributed by atoms with Crippen LogP contribution in [0.3, 0.4) is 0 Å². The number of rotatable bonds is 8. The van der Waals surface area contributed by atoms with Crippen molar-refractivity contribution in [3.8, 4) is 5.75 Å². The standard InChI is InChI=1S/C17H24F4N4O2/c1-4-22-16(24-10-15(26)25(3)11-17(19,20)21)23-9-12(2)27-14-7-5-6-13(18)8-14/h5-8,12H,4,9-11H2,1-3H3,(H2,22,23,24). The number of halogens is 4. The van der Waals surface area contributed by atoms with E-state index in [-0.39, 0.29) is 18.6 Å². The van der Waals surface area contributed by atoms with Gasteiger partial charge in [-0.3, -0.25) is 4.79 Å². The fourth-order valence-corrected chi connectivity index (χ4v) is 2.02. The normalized spacial score (nSPS) is 13.1. The van der Waals surface area contributed by atoms with Gasteiger partial charge in [-0.1, -0.05) is 6.07 Å². The Balaban J connectivity index is 2.54. The van der Waals surface area contributed by atoms with Crippen molar-refractivity contribution in [3.63, 3.8) is 0 Å². The zero-order valence-electron chi connectivity index (χ0n) is 15.4. The SMILES string of the molecule is CCNC(=NCC(=O)N(C)CC(F)(F)F)NCC(C)Oc1cccc(F)c1. The van der Waals surface area contributed by atoms with E-state index < -0.39 is 31.0 Å². The number of benzene rings is 1. The lowest BCUT2D eigenvalue weighted by atomic mass is 10.3. The first kappa shape index (κ1) is 22.5. The highest BCUT2D eigenvalue weighted by molar-refractivity contribution is 5.84. The summed E-state index contributed by atoms with van der Waals surface area (Å²) in [5.41, 5.74) is 0. The minimum Gasteiger partial charge on any atom is -0.489 e. The van der Waals surface area contributed by atoms with E-state index in [0.717, 1.165) is 7.05 Å². The van der Waals surface area contributed by atoms with Gasteiger partial charge in [-0.05, 0) is 26.0 Å². The monoisotopic (exact) mass is 392 g/mol. The maximum absolute atomic E-state index is 13.1. The minimum atomic E-state index is -4.46. The molecule has 0 aliphatic carbocycles. The molecule has 1 unspecified atom stereocenters. The van der Waals surface area contributed by atoms with Crippen molar-refractivity contribution in [1.82, 2.24) is 15.5 Å². The quantitative estimate of drug-likeness (QED) is 0.404. The lowest BCUT2D eigenvalue weighted by molar-refractivity contribution is -0.157. The van der Waals surface area contributed by atoms with Crippen molar-refractivity contribution in [1.29, 1.82) is 0 Å². The van der Waals surface area contributed by atoms with Gasteiger partial charge in [0.2, 0.25) is 5.91 Å². The number of amides is 1. The van der Waals surface area contributed by atoms with Crippen molar-refractivity contribution in [3.05, 3.63) is 30.1 Å². The molecule has 0 aliphatic heterocycles. The third kappa shape index (κ3) is 9.66. The maximum Gasteiger partial charge on any atom is 0.406 e. The number of ether oxygens (including phenoxy) is 1. The molecule has 1 amide bonds. The van der Waals surface area contributed by atoms with Crippen LogP contribution in [0.2, 0.25) is 0 Å². The van der Waals surface area contributed by atoms with Crippen LogP contribution in [0.4, 0.5) is 17.6 Å². The molecular formula is C17H24F4N4O2. The molecule has 0 bridgehead atoms. The summed E-state index contributed by atoms with van der Waals surface area (Å²) in [5, 5.41) is 5.81. The highest BCUT2D eigenvalue weighted by Gasteiger charge is 2.31. The molecule has 1 atom stereocenters. The molecule has 0 saturated heterocycles. The van der Waals surface area contributed by atoms with Gasteiger partial charge in [0.25, 0.3) is 0 Å². The highest BCUT2D eigenvalue weighted by atomic mass is 19.4. The molecule has 0 saturated carbocycles. The van der Waals surface area contributed by atoms with Crippen molar-refractivity contribution >= 4 is 11.9 Å². The summed E-state index contributed by atoms with van der Waals surface area (Å²) >= 11 is 0. The predicted molar refractivity (Wildman–Crippen MR) is 94.2 cm³/mol. The molecule has 152 valence electrons. The zero-order valence-corrected chi connectivity index (χ0v) is 15.4. The Morgan fingerprint density at radius 1 is 1.33 bits per heavy atom. The number of hydrogen-bond acceptors (Lipinski definition) is 3. The number of guanidine groups is 1. The first-order valence-corrected chi connectivity index (χ1v) is 8.36. The van der Waals surface area contributed by atoms with Gasteiger partial charge in [0, 0.05) is 19.7 Å². The van der Waals surface area contributed by atoms with Gasteiger partial charge >= 0.3 is 6.18 Å². The molecule has 10 heteroatoms. The highest BCUT2D eigenvalue weighted by Crippen LogP contribution is 2.15. The van der Waals surface area contributed by atoms with Gasteiger partial charge in [-0.2, -0.15) is 13.2 Å². The first-order chi connectivity index (χ1) is 12.6. The fraction of sp³-hybridized carbons (Fsp3) is 0.529. The Bertz CT molecular complexity index is 638. The average molecular weight is 392 g/mol. The predicted octanol–water partition coefficient (Wildman–Crippen LogP) is 2.17. The molecule has 0 fully saturated rings. The Kier molecular flexibility index (Phi) is 8.83. The van der Waals surface area contributed by atoms with Crippen molar-refractivity contribution in [2.75, 3.05) is 33.2 Å². The van der Waals surface area contributed by atoms with Crippen LogP contribution in [0.5, 0.6) is 5.75 Å². The van der Waals surface area contributed by atoms with E-state index in [0.29, 0.717) is 17.2 Å². The molecule has 0 radical (unpaired) electrons. The molecule has 27 heavy (non-hydrogen) atoms. The van der Waals surface area contributed by atoms with Gasteiger partial charge in [-0.15, -0.1) is 0 Å². The Morgan fingerprint density at radius 2 is 2.04 bits per heavy atom. The number of alkyl halides is 3. The van der Waals surface area contributed by atoms with Crippen LogP contribution >= 0.6 is 0 Å². The van der Waals surface area contributed by atoms with Gasteiger partial charge in [0.15, 0.2) is 5.96 Å². The van der Waals surface area contributed by atoms with Crippen LogP contribution in [0.1, 0.15) is 13.8 Å². The van der Waals surface area contributed by atoms with Crippen LogP contribution in [0.15, 0.2) is 29.3 Å². The molecule has 0 spiro atoms. The van der Waals surface area contributed by atoms with Gasteiger partial charge in [-0.25, -0.2) is 9.38 Å². The first-order valence-electron chi connectivity index (χ1n) is 8.36. The van der Waals surface area contributed by atoms with Gasteiger partial charge in [0.05, 0.1) is 6.54 Å². The second kappa shape index (κ2) is 10.6. The summed E-state index contributed by atoms with van der Waals surface area (Å²) in [7, 11) is 1.07. The van der Waals surface area contributed by atoms with E-state index in [1.54, 1.807) is 13.0 Å². The lowest BCUT2D eigenvalue weighted by Crippen LogP contribution is -2.43. The second-order valence-electron chi connectivity index (χ2n) is 5.83. The van der Waals surface area contributed by atoms with E-state index in [1.807, 2.05) is 6.92 Å². The van der Waals surface area contributed by atoms with E-state index >= 15 is 0 Å². The molecular weight excluding hydrogens is 368 g/mol. The van der Waals surface area contributed by atoms with E-state index in [4.69, 9.17) is 4.74 Å².